The van der Waals surface area contributed by atoms with Crippen molar-refractivity contribution >= 4 is 38.8 Å². The van der Waals surface area contributed by atoms with E-state index in [1.54, 1.807) is 58.4 Å². The fraction of sp³-hybridized carbons (Fsp3) is 0.320. The van der Waals surface area contributed by atoms with Crippen molar-refractivity contribution in [1.29, 1.82) is 0 Å². The van der Waals surface area contributed by atoms with E-state index in [1.165, 1.54) is 10.2 Å². The molecule has 0 spiro atoms. The molecule has 36 heavy (non-hydrogen) atoms. The molecular weight excluding hydrogens is 502 g/mol. The Balaban J connectivity index is 1.50. The number of pyridine rings is 1. The summed E-state index contributed by atoms with van der Waals surface area (Å²) in [4.78, 5) is 18.4. The van der Waals surface area contributed by atoms with Crippen molar-refractivity contribution in [3.8, 4) is 11.3 Å². The molecule has 0 radical (unpaired) electrons. The first-order chi connectivity index (χ1) is 16.9. The molecule has 4 heterocycles. The average Bonchev–Trinajstić information content (AvgIpc) is 3.37. The van der Waals surface area contributed by atoms with Crippen LogP contribution in [0.5, 0.6) is 0 Å². The molecule has 4 aromatic rings. The van der Waals surface area contributed by atoms with Gasteiger partial charge in [-0.1, -0.05) is 29.3 Å². The van der Waals surface area contributed by atoms with E-state index in [-0.39, 0.29) is 22.7 Å². The van der Waals surface area contributed by atoms with Crippen molar-refractivity contribution in [2.75, 3.05) is 13.1 Å². The summed E-state index contributed by atoms with van der Waals surface area (Å²) in [5.41, 5.74) is 1.63. The average molecular weight is 528 g/mol. The van der Waals surface area contributed by atoms with Crippen LogP contribution in [0.4, 0.5) is 4.79 Å². The van der Waals surface area contributed by atoms with Crippen molar-refractivity contribution in [3.05, 3.63) is 65.6 Å². The maximum absolute atomic E-state index is 13.8. The number of ether oxygens (including phenoxy) is 1. The standard InChI is InChI=1S/C25H26ClN5O4S/c1-16-5-7-19(8-6-16)36(33,34)31-22(11-20-21(26)9-10-27-23(20)31)17-12-28-30(13-17)18-14-29(15-18)24(32)35-25(2,3)4/h5-13,18H,14-15H2,1-4H3. The second kappa shape index (κ2) is 8.63. The molecule has 188 valence electrons. The van der Waals surface area contributed by atoms with Crippen molar-refractivity contribution in [1.82, 2.24) is 23.6 Å². The van der Waals surface area contributed by atoms with E-state index in [4.69, 9.17) is 16.3 Å². The van der Waals surface area contributed by atoms with Gasteiger partial charge in [-0.3, -0.25) is 4.68 Å². The topological polar surface area (TPSA) is 99.3 Å². The number of hydrogen-bond donors (Lipinski definition) is 0. The summed E-state index contributed by atoms with van der Waals surface area (Å²) in [6.45, 7) is 8.28. The Morgan fingerprint density at radius 3 is 2.50 bits per heavy atom. The summed E-state index contributed by atoms with van der Waals surface area (Å²) in [7, 11) is -3.99. The lowest BCUT2D eigenvalue weighted by molar-refractivity contribution is -0.000385. The van der Waals surface area contributed by atoms with Crippen molar-refractivity contribution in [2.45, 2.75) is 44.2 Å². The molecule has 1 aliphatic heterocycles. The number of aromatic nitrogens is 4. The van der Waals surface area contributed by atoms with Crippen LogP contribution in [0.2, 0.25) is 5.02 Å². The Hall–Kier alpha value is -3.37. The number of rotatable bonds is 4. The summed E-state index contributed by atoms with van der Waals surface area (Å²) in [5, 5.41) is 5.39. The number of hydrogen-bond acceptors (Lipinski definition) is 6. The first-order valence-electron chi connectivity index (χ1n) is 11.4. The summed E-state index contributed by atoms with van der Waals surface area (Å²) in [6.07, 6.45) is 4.51. The summed E-state index contributed by atoms with van der Waals surface area (Å²) < 4.78 is 35.9. The molecule has 1 aliphatic rings. The molecule has 1 saturated heterocycles. The predicted octanol–water partition coefficient (Wildman–Crippen LogP) is 4.89. The zero-order valence-electron chi connectivity index (χ0n) is 20.3. The van der Waals surface area contributed by atoms with E-state index in [9.17, 15) is 13.2 Å². The summed E-state index contributed by atoms with van der Waals surface area (Å²) in [6, 6.07) is 9.96. The highest BCUT2D eigenvalue weighted by atomic mass is 35.5. The minimum atomic E-state index is -3.99. The number of carbonyl (C=O) groups excluding carboxylic acids is 1. The Labute approximate surface area is 214 Å². The van der Waals surface area contributed by atoms with Crippen LogP contribution in [0.25, 0.3) is 22.3 Å². The molecule has 0 atom stereocenters. The Kier molecular flexibility index (Phi) is 5.83. The highest BCUT2D eigenvalue weighted by Gasteiger charge is 2.35. The van der Waals surface area contributed by atoms with E-state index in [2.05, 4.69) is 10.1 Å². The fourth-order valence-electron chi connectivity index (χ4n) is 4.07. The van der Waals surface area contributed by atoms with Crippen LogP contribution in [-0.4, -0.2) is 56.8 Å². The Morgan fingerprint density at radius 1 is 1.14 bits per heavy atom. The fourth-order valence-corrected chi connectivity index (χ4v) is 5.75. The lowest BCUT2D eigenvalue weighted by Crippen LogP contribution is -2.52. The molecule has 9 nitrogen and oxygen atoms in total. The van der Waals surface area contributed by atoms with Crippen LogP contribution in [-0.2, 0) is 14.8 Å². The first kappa shape index (κ1) is 24.3. The second-order valence-corrected chi connectivity index (χ2v) is 12.1. The zero-order chi connectivity index (χ0) is 25.8. The van der Waals surface area contributed by atoms with Crippen molar-refractivity contribution < 1.29 is 17.9 Å². The number of benzene rings is 1. The maximum Gasteiger partial charge on any atom is 0.410 e. The lowest BCUT2D eigenvalue weighted by atomic mass is 10.1. The second-order valence-electron chi connectivity index (χ2n) is 9.89. The summed E-state index contributed by atoms with van der Waals surface area (Å²) in [5.74, 6) is 0. The van der Waals surface area contributed by atoms with E-state index in [0.29, 0.717) is 34.8 Å². The van der Waals surface area contributed by atoms with E-state index < -0.39 is 15.6 Å². The van der Waals surface area contributed by atoms with Gasteiger partial charge in [0.15, 0.2) is 5.65 Å². The molecule has 1 aromatic carbocycles. The highest BCUT2D eigenvalue weighted by Crippen LogP contribution is 2.35. The van der Waals surface area contributed by atoms with Gasteiger partial charge in [0.1, 0.15) is 5.60 Å². The van der Waals surface area contributed by atoms with Gasteiger partial charge in [0, 0.05) is 36.4 Å². The van der Waals surface area contributed by atoms with Crippen LogP contribution in [0, 0.1) is 6.92 Å². The van der Waals surface area contributed by atoms with Gasteiger partial charge in [0.05, 0.1) is 27.9 Å². The van der Waals surface area contributed by atoms with Gasteiger partial charge in [-0.05, 0) is 52.0 Å². The molecular formula is C25H26ClN5O4S. The van der Waals surface area contributed by atoms with Gasteiger partial charge in [-0.25, -0.2) is 22.2 Å². The number of aryl methyl sites for hydroxylation is 1. The molecule has 0 bridgehead atoms. The highest BCUT2D eigenvalue weighted by molar-refractivity contribution is 7.90. The molecule has 0 unspecified atom stereocenters. The van der Waals surface area contributed by atoms with E-state index in [0.717, 1.165) is 5.56 Å². The quantitative estimate of drug-likeness (QED) is 0.374. The maximum atomic E-state index is 13.8. The minimum Gasteiger partial charge on any atom is -0.444 e. The molecule has 0 aliphatic carbocycles. The largest absolute Gasteiger partial charge is 0.444 e. The number of likely N-dealkylation sites (tertiary alicyclic amines) is 1. The molecule has 1 fully saturated rings. The number of amides is 1. The minimum absolute atomic E-state index is 0.0421. The van der Waals surface area contributed by atoms with Gasteiger partial charge in [0.25, 0.3) is 10.0 Å². The number of fused-ring (bicyclic) bond motifs is 1. The van der Waals surface area contributed by atoms with Crippen molar-refractivity contribution in [3.63, 3.8) is 0 Å². The molecule has 5 rings (SSSR count). The number of nitrogens with zero attached hydrogens (tertiary/aromatic N) is 5. The van der Waals surface area contributed by atoms with Crippen LogP contribution in [0.1, 0.15) is 32.4 Å². The summed E-state index contributed by atoms with van der Waals surface area (Å²) >= 11 is 6.41. The molecule has 0 N–H and O–H groups in total. The first-order valence-corrected chi connectivity index (χ1v) is 13.3. The molecule has 0 saturated carbocycles. The van der Waals surface area contributed by atoms with Gasteiger partial charge in [0.2, 0.25) is 0 Å². The molecule has 1 amide bonds. The normalized spacial score (nSPS) is 14.8. The van der Waals surface area contributed by atoms with Gasteiger partial charge < -0.3 is 9.64 Å². The third-order valence-electron chi connectivity index (χ3n) is 5.95. The smallest absolute Gasteiger partial charge is 0.410 e. The molecule has 3 aromatic heterocycles. The monoisotopic (exact) mass is 527 g/mol. The number of carbonyl (C=O) groups is 1. The van der Waals surface area contributed by atoms with Crippen LogP contribution >= 0.6 is 11.6 Å². The third kappa shape index (κ3) is 4.35. The third-order valence-corrected chi connectivity index (χ3v) is 8.00. The van der Waals surface area contributed by atoms with Crippen molar-refractivity contribution in [2.24, 2.45) is 0 Å². The van der Waals surface area contributed by atoms with Gasteiger partial charge in [-0.15, -0.1) is 0 Å². The Bertz CT molecular complexity index is 1560. The lowest BCUT2D eigenvalue weighted by Gasteiger charge is -2.39. The Morgan fingerprint density at radius 2 is 1.83 bits per heavy atom. The van der Waals surface area contributed by atoms with E-state index in [1.807, 2.05) is 27.7 Å². The SMILES string of the molecule is Cc1ccc(S(=O)(=O)n2c(-c3cnn(C4CN(C(=O)OC(C)(C)C)C4)c3)cc3c(Cl)ccnc32)cc1. The van der Waals surface area contributed by atoms with E-state index >= 15 is 0 Å². The van der Waals surface area contributed by atoms with Gasteiger partial charge in [-0.2, -0.15) is 5.10 Å². The molecule has 11 heteroatoms. The predicted molar refractivity (Wildman–Crippen MR) is 137 cm³/mol. The van der Waals surface area contributed by atoms with Crippen LogP contribution < -0.4 is 0 Å². The number of halogens is 1. The van der Waals surface area contributed by atoms with Gasteiger partial charge >= 0.3 is 6.09 Å². The van der Waals surface area contributed by atoms with Crippen LogP contribution in [0.15, 0.2) is 59.9 Å². The van der Waals surface area contributed by atoms with Crippen LogP contribution in [0.3, 0.4) is 0 Å². The zero-order valence-corrected chi connectivity index (χ0v) is 21.9.